The highest BCUT2D eigenvalue weighted by Crippen LogP contribution is 1.76. The highest BCUT2D eigenvalue weighted by atomic mass is 16.1. The van der Waals surface area contributed by atoms with Crippen LogP contribution in [0.5, 0.6) is 0 Å². The van der Waals surface area contributed by atoms with Crippen LogP contribution in [-0.2, 0) is 4.79 Å². The predicted molar refractivity (Wildman–Crippen MR) is 44.7 cm³/mol. The zero-order valence-corrected chi connectivity index (χ0v) is 6.81. The Morgan fingerprint density at radius 1 is 1.64 bits per heavy atom. The Labute approximate surface area is 67.3 Å². The van der Waals surface area contributed by atoms with Crippen molar-refractivity contribution in [3.05, 3.63) is 0 Å². The molecule has 0 aromatic carbocycles. The maximum absolute atomic E-state index is 10.8. The van der Waals surface area contributed by atoms with Crippen LogP contribution in [0, 0.1) is 11.8 Å². The van der Waals surface area contributed by atoms with E-state index in [-0.39, 0.29) is 5.91 Å². The number of carbonyl (C=O) groups excluding carboxylic acids is 1. The van der Waals surface area contributed by atoms with Gasteiger partial charge in [-0.1, -0.05) is 0 Å². The Kier molecular flexibility index (Phi) is 6.45. The van der Waals surface area contributed by atoms with Crippen LogP contribution in [0.15, 0.2) is 0 Å². The number of hydrogen-bond acceptors (Lipinski definition) is 2. The summed E-state index contributed by atoms with van der Waals surface area (Å²) in [6.45, 7) is 2.81. The lowest BCUT2D eigenvalue weighted by Crippen LogP contribution is -2.26. The van der Waals surface area contributed by atoms with Gasteiger partial charge in [0.15, 0.2) is 0 Å². The van der Waals surface area contributed by atoms with Crippen molar-refractivity contribution >= 4 is 5.91 Å². The van der Waals surface area contributed by atoms with Crippen molar-refractivity contribution in [1.29, 1.82) is 0 Å². The maximum Gasteiger partial charge on any atom is 0.221 e. The SMILES string of the molecule is CC#CCCNC(=O)CCN. The summed E-state index contributed by atoms with van der Waals surface area (Å²) in [5.41, 5.74) is 5.17. The Balaban J connectivity index is 3.22. The van der Waals surface area contributed by atoms with Crippen molar-refractivity contribution < 1.29 is 4.79 Å². The van der Waals surface area contributed by atoms with Crippen LogP contribution in [-0.4, -0.2) is 19.0 Å². The van der Waals surface area contributed by atoms with E-state index in [1.807, 2.05) is 0 Å². The Morgan fingerprint density at radius 3 is 2.91 bits per heavy atom. The molecule has 0 radical (unpaired) electrons. The Bertz CT molecular complexity index is 167. The lowest BCUT2D eigenvalue weighted by molar-refractivity contribution is -0.120. The van der Waals surface area contributed by atoms with E-state index in [9.17, 15) is 4.79 Å². The summed E-state index contributed by atoms with van der Waals surface area (Å²) in [6, 6.07) is 0. The van der Waals surface area contributed by atoms with E-state index in [1.54, 1.807) is 6.92 Å². The Morgan fingerprint density at radius 2 is 2.36 bits per heavy atom. The summed E-state index contributed by atoms with van der Waals surface area (Å²) >= 11 is 0. The minimum absolute atomic E-state index is 0.00500. The van der Waals surface area contributed by atoms with Gasteiger partial charge in [-0.25, -0.2) is 0 Å². The second-order valence-electron chi connectivity index (χ2n) is 2.07. The zero-order chi connectivity index (χ0) is 8.53. The van der Waals surface area contributed by atoms with E-state index < -0.39 is 0 Å². The lowest BCUT2D eigenvalue weighted by Gasteiger charge is -1.99. The zero-order valence-electron chi connectivity index (χ0n) is 6.81. The molecule has 11 heavy (non-hydrogen) atoms. The minimum Gasteiger partial charge on any atom is -0.355 e. The van der Waals surface area contributed by atoms with Gasteiger partial charge in [0, 0.05) is 25.9 Å². The third kappa shape index (κ3) is 6.88. The average molecular weight is 154 g/mol. The first-order chi connectivity index (χ1) is 5.31. The fourth-order valence-corrected chi connectivity index (χ4v) is 0.609. The molecule has 0 heterocycles. The number of rotatable bonds is 4. The van der Waals surface area contributed by atoms with Gasteiger partial charge in [0.05, 0.1) is 0 Å². The first-order valence-electron chi connectivity index (χ1n) is 3.67. The van der Waals surface area contributed by atoms with Gasteiger partial charge in [-0.3, -0.25) is 4.79 Å². The van der Waals surface area contributed by atoms with E-state index in [2.05, 4.69) is 17.2 Å². The summed E-state index contributed by atoms with van der Waals surface area (Å²) in [6.07, 6.45) is 1.12. The molecule has 0 aliphatic heterocycles. The van der Waals surface area contributed by atoms with E-state index in [4.69, 9.17) is 5.73 Å². The molecule has 0 bridgehead atoms. The van der Waals surface area contributed by atoms with E-state index in [0.717, 1.165) is 0 Å². The number of carbonyl (C=O) groups is 1. The third-order valence-electron chi connectivity index (χ3n) is 1.12. The molecule has 3 N–H and O–H groups in total. The fraction of sp³-hybridized carbons (Fsp3) is 0.625. The summed E-state index contributed by atoms with van der Waals surface area (Å²) in [4.78, 5) is 10.8. The maximum atomic E-state index is 10.8. The Hall–Kier alpha value is -1.01. The molecule has 0 spiro atoms. The average Bonchev–Trinajstić information content (AvgIpc) is 1.99. The second kappa shape index (κ2) is 7.10. The molecule has 0 fully saturated rings. The van der Waals surface area contributed by atoms with Gasteiger partial charge >= 0.3 is 0 Å². The quantitative estimate of drug-likeness (QED) is 0.437. The summed E-state index contributed by atoms with van der Waals surface area (Å²) in [7, 11) is 0. The highest BCUT2D eigenvalue weighted by molar-refractivity contribution is 5.75. The molecule has 0 aromatic heterocycles. The molecule has 0 unspecified atom stereocenters. The molecule has 0 aliphatic carbocycles. The van der Waals surface area contributed by atoms with Crippen molar-refractivity contribution in [3.8, 4) is 11.8 Å². The van der Waals surface area contributed by atoms with Crippen LogP contribution in [0.3, 0.4) is 0 Å². The largest absolute Gasteiger partial charge is 0.355 e. The van der Waals surface area contributed by atoms with Gasteiger partial charge in [-0.05, 0) is 6.92 Å². The second-order valence-corrected chi connectivity index (χ2v) is 2.07. The van der Waals surface area contributed by atoms with Gasteiger partial charge in [0.2, 0.25) is 5.91 Å². The molecule has 0 saturated carbocycles. The normalized spacial score (nSPS) is 8.18. The molecule has 1 amide bonds. The molecule has 0 aromatic rings. The van der Waals surface area contributed by atoms with Gasteiger partial charge in [-0.2, -0.15) is 0 Å². The van der Waals surface area contributed by atoms with Crippen LogP contribution in [0.2, 0.25) is 0 Å². The molecular weight excluding hydrogens is 140 g/mol. The molecule has 0 aliphatic rings. The molecule has 62 valence electrons. The lowest BCUT2D eigenvalue weighted by atomic mass is 10.3. The van der Waals surface area contributed by atoms with E-state index in [0.29, 0.717) is 25.9 Å². The fourth-order valence-electron chi connectivity index (χ4n) is 0.609. The third-order valence-corrected chi connectivity index (χ3v) is 1.12. The van der Waals surface area contributed by atoms with Gasteiger partial charge in [0.25, 0.3) is 0 Å². The van der Waals surface area contributed by atoms with Crippen LogP contribution >= 0.6 is 0 Å². The molecular formula is C8H14N2O. The monoisotopic (exact) mass is 154 g/mol. The van der Waals surface area contributed by atoms with Gasteiger partial charge in [-0.15, -0.1) is 11.8 Å². The van der Waals surface area contributed by atoms with Crippen LogP contribution in [0.1, 0.15) is 19.8 Å². The van der Waals surface area contributed by atoms with Crippen LogP contribution < -0.4 is 11.1 Å². The van der Waals surface area contributed by atoms with Crippen LogP contribution in [0.25, 0.3) is 0 Å². The first-order valence-corrected chi connectivity index (χ1v) is 3.67. The molecule has 3 heteroatoms. The standard InChI is InChI=1S/C8H14N2O/c1-2-3-4-7-10-8(11)5-6-9/h4-7,9H2,1H3,(H,10,11). The molecule has 0 rings (SSSR count). The first kappa shape index (κ1) is 9.99. The van der Waals surface area contributed by atoms with E-state index >= 15 is 0 Å². The molecule has 3 nitrogen and oxygen atoms in total. The summed E-state index contributed by atoms with van der Waals surface area (Å²) < 4.78 is 0. The van der Waals surface area contributed by atoms with Crippen molar-refractivity contribution in [1.82, 2.24) is 5.32 Å². The van der Waals surface area contributed by atoms with Gasteiger partial charge < -0.3 is 11.1 Å². The number of nitrogens with two attached hydrogens (primary N) is 1. The number of hydrogen-bond donors (Lipinski definition) is 2. The van der Waals surface area contributed by atoms with Crippen molar-refractivity contribution in [2.75, 3.05) is 13.1 Å². The summed E-state index contributed by atoms with van der Waals surface area (Å²) in [5.74, 6) is 5.60. The van der Waals surface area contributed by atoms with Crippen LogP contribution in [0.4, 0.5) is 0 Å². The summed E-state index contributed by atoms with van der Waals surface area (Å²) in [5, 5.41) is 2.70. The van der Waals surface area contributed by atoms with Gasteiger partial charge in [0.1, 0.15) is 0 Å². The topological polar surface area (TPSA) is 55.1 Å². The van der Waals surface area contributed by atoms with Crippen molar-refractivity contribution in [2.24, 2.45) is 5.73 Å². The smallest absolute Gasteiger partial charge is 0.221 e. The molecule has 0 saturated heterocycles. The minimum atomic E-state index is 0.00500. The van der Waals surface area contributed by atoms with Crippen molar-refractivity contribution in [3.63, 3.8) is 0 Å². The number of amides is 1. The number of nitrogens with one attached hydrogen (secondary N) is 1. The predicted octanol–water partition coefficient (Wildman–Crippen LogP) is -0.135. The van der Waals surface area contributed by atoms with E-state index in [1.165, 1.54) is 0 Å². The van der Waals surface area contributed by atoms with Crippen molar-refractivity contribution in [2.45, 2.75) is 19.8 Å². The highest BCUT2D eigenvalue weighted by Gasteiger charge is 1.95. The molecule has 0 atom stereocenters.